The number of ether oxygens (including phenoxy) is 1. The van der Waals surface area contributed by atoms with Crippen molar-refractivity contribution in [2.45, 2.75) is 37.8 Å². The van der Waals surface area contributed by atoms with E-state index < -0.39 is 11.7 Å². The maximum atomic E-state index is 13.1. The Labute approximate surface area is 178 Å². The van der Waals surface area contributed by atoms with Gasteiger partial charge in [-0.2, -0.15) is 18.2 Å². The summed E-state index contributed by atoms with van der Waals surface area (Å²) in [7, 11) is 0. The molecule has 2 aliphatic heterocycles. The van der Waals surface area contributed by atoms with E-state index in [4.69, 9.17) is 9.26 Å². The third-order valence-corrected chi connectivity index (χ3v) is 5.86. The van der Waals surface area contributed by atoms with Gasteiger partial charge in [-0.25, -0.2) is 4.79 Å². The van der Waals surface area contributed by atoms with Crippen LogP contribution in [0.2, 0.25) is 0 Å². The Kier molecular flexibility index (Phi) is 6.17. The van der Waals surface area contributed by atoms with E-state index in [1.807, 2.05) is 6.92 Å². The van der Waals surface area contributed by atoms with Crippen molar-refractivity contribution >= 4 is 6.03 Å². The number of carbonyl (C=O) groups excluding carboxylic acids is 1. The van der Waals surface area contributed by atoms with Gasteiger partial charge in [0.2, 0.25) is 5.89 Å². The second-order valence-corrected chi connectivity index (χ2v) is 7.94. The first-order valence-electron chi connectivity index (χ1n) is 10.5. The SMILES string of the molecule is CCc1noc(C2CC(c3ccc(C(F)(F)F)cc3)CN(C(=O)N3CCOCC3)C2)n1. The molecule has 0 spiro atoms. The molecule has 2 amide bonds. The largest absolute Gasteiger partial charge is 0.416 e. The topological polar surface area (TPSA) is 71.7 Å². The number of halogens is 3. The van der Waals surface area contributed by atoms with Gasteiger partial charge in [0.15, 0.2) is 5.82 Å². The van der Waals surface area contributed by atoms with Gasteiger partial charge in [0.05, 0.1) is 24.7 Å². The molecule has 1 aromatic heterocycles. The van der Waals surface area contributed by atoms with E-state index >= 15 is 0 Å². The van der Waals surface area contributed by atoms with Crippen LogP contribution in [0.5, 0.6) is 0 Å². The highest BCUT2D eigenvalue weighted by Gasteiger charge is 2.37. The minimum absolute atomic E-state index is 0.0971. The van der Waals surface area contributed by atoms with Crippen molar-refractivity contribution in [1.82, 2.24) is 19.9 Å². The number of likely N-dealkylation sites (tertiary alicyclic amines) is 1. The van der Waals surface area contributed by atoms with E-state index in [0.717, 1.165) is 17.7 Å². The number of benzene rings is 1. The van der Waals surface area contributed by atoms with E-state index in [1.165, 1.54) is 12.1 Å². The number of morpholine rings is 1. The van der Waals surface area contributed by atoms with Crippen molar-refractivity contribution in [2.75, 3.05) is 39.4 Å². The number of piperidine rings is 1. The number of hydrogen-bond donors (Lipinski definition) is 0. The number of nitrogens with zero attached hydrogens (tertiary/aromatic N) is 4. The third kappa shape index (κ3) is 4.84. The summed E-state index contributed by atoms with van der Waals surface area (Å²) in [5.74, 6) is 0.743. The molecule has 0 N–H and O–H groups in total. The molecule has 0 radical (unpaired) electrons. The summed E-state index contributed by atoms with van der Waals surface area (Å²) in [6.45, 7) is 4.81. The maximum Gasteiger partial charge on any atom is 0.416 e. The van der Waals surface area contributed by atoms with Crippen molar-refractivity contribution in [3.05, 3.63) is 47.1 Å². The number of urea groups is 1. The molecule has 10 heteroatoms. The van der Waals surface area contributed by atoms with Gasteiger partial charge in [-0.3, -0.25) is 0 Å². The normalized spacial score (nSPS) is 22.6. The molecule has 7 nitrogen and oxygen atoms in total. The Bertz CT molecular complexity index is 894. The van der Waals surface area contributed by atoms with Crippen LogP contribution in [0.25, 0.3) is 0 Å². The van der Waals surface area contributed by atoms with E-state index in [-0.39, 0.29) is 17.9 Å². The van der Waals surface area contributed by atoms with Crippen LogP contribution in [0.3, 0.4) is 0 Å². The van der Waals surface area contributed by atoms with Crippen LogP contribution in [-0.2, 0) is 17.3 Å². The monoisotopic (exact) mass is 438 g/mol. The zero-order chi connectivity index (χ0) is 22.0. The zero-order valence-corrected chi connectivity index (χ0v) is 17.3. The van der Waals surface area contributed by atoms with Crippen LogP contribution >= 0.6 is 0 Å². The van der Waals surface area contributed by atoms with E-state index in [0.29, 0.717) is 63.9 Å². The van der Waals surface area contributed by atoms with Gasteiger partial charge in [0.25, 0.3) is 0 Å². The molecule has 2 aliphatic rings. The summed E-state index contributed by atoms with van der Waals surface area (Å²) in [6.07, 6.45) is -3.13. The van der Waals surface area contributed by atoms with Gasteiger partial charge in [-0.1, -0.05) is 24.2 Å². The summed E-state index contributed by atoms with van der Waals surface area (Å²) in [6, 6.07) is 5.08. The Morgan fingerprint density at radius 3 is 2.39 bits per heavy atom. The van der Waals surface area contributed by atoms with Crippen LogP contribution in [0, 0.1) is 0 Å². The van der Waals surface area contributed by atoms with Crippen LogP contribution in [0.4, 0.5) is 18.0 Å². The van der Waals surface area contributed by atoms with Gasteiger partial charge in [0.1, 0.15) is 0 Å². The molecule has 2 atom stereocenters. The Morgan fingerprint density at radius 1 is 1.10 bits per heavy atom. The van der Waals surface area contributed by atoms with Crippen molar-refractivity contribution in [3.63, 3.8) is 0 Å². The molecule has 4 rings (SSSR count). The average Bonchev–Trinajstić information content (AvgIpc) is 3.28. The van der Waals surface area contributed by atoms with Crippen LogP contribution in [-0.4, -0.2) is 65.4 Å². The summed E-state index contributed by atoms with van der Waals surface area (Å²) in [5.41, 5.74) is 0.0713. The summed E-state index contributed by atoms with van der Waals surface area (Å²) < 4.78 is 49.6. The molecule has 2 aromatic rings. The highest BCUT2D eigenvalue weighted by molar-refractivity contribution is 5.75. The van der Waals surface area contributed by atoms with Crippen molar-refractivity contribution in [1.29, 1.82) is 0 Å². The first-order chi connectivity index (χ1) is 14.8. The fraction of sp³-hybridized carbons (Fsp3) is 0.571. The lowest BCUT2D eigenvalue weighted by Gasteiger charge is -2.40. The quantitative estimate of drug-likeness (QED) is 0.731. The Morgan fingerprint density at radius 2 is 1.77 bits per heavy atom. The van der Waals surface area contributed by atoms with Crippen LogP contribution < -0.4 is 0 Å². The number of aryl methyl sites for hydroxylation is 1. The highest BCUT2D eigenvalue weighted by Crippen LogP contribution is 2.37. The fourth-order valence-electron chi connectivity index (χ4n) is 4.15. The molecule has 2 unspecified atom stereocenters. The maximum absolute atomic E-state index is 13.1. The predicted molar refractivity (Wildman–Crippen MR) is 105 cm³/mol. The minimum atomic E-state index is -4.38. The van der Waals surface area contributed by atoms with Crippen molar-refractivity contribution in [3.8, 4) is 0 Å². The van der Waals surface area contributed by atoms with Gasteiger partial charge in [-0.15, -0.1) is 0 Å². The van der Waals surface area contributed by atoms with Gasteiger partial charge >= 0.3 is 12.2 Å². The third-order valence-electron chi connectivity index (χ3n) is 5.86. The van der Waals surface area contributed by atoms with Crippen molar-refractivity contribution in [2.24, 2.45) is 0 Å². The van der Waals surface area contributed by atoms with Crippen molar-refractivity contribution < 1.29 is 27.2 Å². The Hall–Kier alpha value is -2.62. The molecular weight excluding hydrogens is 413 g/mol. The lowest BCUT2D eigenvalue weighted by atomic mass is 9.84. The van der Waals surface area contributed by atoms with Crippen LogP contribution in [0.1, 0.15) is 48.0 Å². The molecule has 1 aromatic carbocycles. The minimum Gasteiger partial charge on any atom is -0.378 e. The second-order valence-electron chi connectivity index (χ2n) is 7.94. The number of rotatable bonds is 3. The molecular formula is C21H25F3N4O3. The van der Waals surface area contributed by atoms with Gasteiger partial charge < -0.3 is 19.1 Å². The first kappa shape index (κ1) is 21.6. The van der Waals surface area contributed by atoms with Gasteiger partial charge in [-0.05, 0) is 24.1 Å². The fourth-order valence-corrected chi connectivity index (χ4v) is 4.15. The summed E-state index contributed by atoms with van der Waals surface area (Å²) in [4.78, 5) is 21.1. The first-order valence-corrected chi connectivity index (χ1v) is 10.5. The summed E-state index contributed by atoms with van der Waals surface area (Å²) >= 11 is 0. The number of alkyl halides is 3. The highest BCUT2D eigenvalue weighted by atomic mass is 19.4. The molecule has 2 fully saturated rings. The molecule has 3 heterocycles. The number of carbonyl (C=O) groups is 1. The molecule has 31 heavy (non-hydrogen) atoms. The second kappa shape index (κ2) is 8.86. The molecule has 2 saturated heterocycles. The molecule has 0 saturated carbocycles. The number of aromatic nitrogens is 2. The average molecular weight is 438 g/mol. The molecule has 0 bridgehead atoms. The lowest BCUT2D eigenvalue weighted by molar-refractivity contribution is -0.137. The summed E-state index contributed by atoms with van der Waals surface area (Å²) in [5, 5.41) is 3.96. The van der Waals surface area contributed by atoms with E-state index in [2.05, 4.69) is 10.1 Å². The lowest BCUT2D eigenvalue weighted by Crippen LogP contribution is -2.52. The number of hydrogen-bond acceptors (Lipinski definition) is 5. The van der Waals surface area contributed by atoms with E-state index in [1.54, 1.807) is 9.80 Å². The predicted octanol–water partition coefficient (Wildman–Crippen LogP) is 3.68. The van der Waals surface area contributed by atoms with Gasteiger partial charge in [0, 0.05) is 38.5 Å². The Balaban J connectivity index is 1.58. The smallest absolute Gasteiger partial charge is 0.378 e. The zero-order valence-electron chi connectivity index (χ0n) is 17.3. The van der Waals surface area contributed by atoms with Crippen LogP contribution in [0.15, 0.2) is 28.8 Å². The molecule has 168 valence electrons. The standard InChI is InChI=1S/C21H25F3N4O3/c1-2-18-25-19(31-26-18)16-11-15(14-3-5-17(6-4-14)21(22,23)24)12-28(13-16)20(29)27-7-9-30-10-8-27/h3-6,15-16H,2,7-13H2,1H3. The van der Waals surface area contributed by atoms with E-state index in [9.17, 15) is 18.0 Å². The number of amides is 2. The molecule has 0 aliphatic carbocycles.